The number of hydrogen-bond donors (Lipinski definition) is 1. The van der Waals surface area contributed by atoms with Crippen LogP contribution in [-0.2, 0) is 29.1 Å². The maximum Gasteiger partial charge on any atom is 0.227 e. The Hall–Kier alpha value is -3.40. The van der Waals surface area contributed by atoms with E-state index >= 15 is 0 Å². The van der Waals surface area contributed by atoms with E-state index in [2.05, 4.69) is 5.32 Å². The standard InChI is InChI=1S/C25H26N2O2/c1-2-25(29)27(19-21-12-7-4-8-13-21)23-15-9-14-22(16-23)17-24(28)26-18-20-10-5-3-6-11-20/h3-16H,2,17-19H2,1H3,(H,26,28). The molecule has 0 saturated heterocycles. The van der Waals surface area contributed by atoms with Crippen molar-refractivity contribution in [3.05, 3.63) is 102 Å². The highest BCUT2D eigenvalue weighted by Crippen LogP contribution is 2.20. The Bertz CT molecular complexity index is 939. The van der Waals surface area contributed by atoms with Crippen molar-refractivity contribution in [2.24, 2.45) is 0 Å². The molecule has 1 N–H and O–H groups in total. The van der Waals surface area contributed by atoms with E-state index in [1.165, 1.54) is 0 Å². The molecule has 0 atom stereocenters. The molecule has 0 aliphatic rings. The highest BCUT2D eigenvalue weighted by molar-refractivity contribution is 5.93. The zero-order valence-electron chi connectivity index (χ0n) is 16.7. The monoisotopic (exact) mass is 386 g/mol. The predicted molar refractivity (Wildman–Crippen MR) is 116 cm³/mol. The summed E-state index contributed by atoms with van der Waals surface area (Å²) in [5.41, 5.74) is 3.83. The van der Waals surface area contributed by atoms with Gasteiger partial charge < -0.3 is 10.2 Å². The van der Waals surface area contributed by atoms with Gasteiger partial charge in [-0.2, -0.15) is 0 Å². The molecule has 148 valence electrons. The van der Waals surface area contributed by atoms with Crippen LogP contribution in [-0.4, -0.2) is 11.8 Å². The van der Waals surface area contributed by atoms with Crippen LogP contribution < -0.4 is 10.2 Å². The van der Waals surface area contributed by atoms with Crippen molar-refractivity contribution in [3.63, 3.8) is 0 Å². The Balaban J connectivity index is 1.69. The lowest BCUT2D eigenvalue weighted by Gasteiger charge is -2.23. The Labute approximate surface area is 172 Å². The Morgan fingerprint density at radius 3 is 2.07 bits per heavy atom. The Morgan fingerprint density at radius 2 is 1.41 bits per heavy atom. The van der Waals surface area contributed by atoms with Gasteiger partial charge in [0.25, 0.3) is 0 Å². The lowest BCUT2D eigenvalue weighted by atomic mass is 10.1. The predicted octanol–water partition coefficient (Wildman–Crippen LogP) is 4.49. The van der Waals surface area contributed by atoms with E-state index in [0.29, 0.717) is 19.5 Å². The van der Waals surface area contributed by atoms with Crippen molar-refractivity contribution in [1.82, 2.24) is 5.32 Å². The second-order valence-electron chi connectivity index (χ2n) is 6.93. The summed E-state index contributed by atoms with van der Waals surface area (Å²) in [6.45, 7) is 2.88. The van der Waals surface area contributed by atoms with Gasteiger partial charge in [-0.1, -0.05) is 79.7 Å². The van der Waals surface area contributed by atoms with Crippen LogP contribution in [0.4, 0.5) is 5.69 Å². The molecular weight excluding hydrogens is 360 g/mol. The van der Waals surface area contributed by atoms with Gasteiger partial charge in [-0.05, 0) is 28.8 Å². The molecule has 29 heavy (non-hydrogen) atoms. The first-order valence-corrected chi connectivity index (χ1v) is 9.89. The lowest BCUT2D eigenvalue weighted by Crippen LogP contribution is -2.30. The van der Waals surface area contributed by atoms with Crippen LogP contribution in [0, 0.1) is 0 Å². The maximum atomic E-state index is 12.6. The van der Waals surface area contributed by atoms with E-state index in [9.17, 15) is 9.59 Å². The molecule has 0 aliphatic carbocycles. The van der Waals surface area contributed by atoms with Crippen molar-refractivity contribution in [2.75, 3.05) is 4.90 Å². The first-order valence-electron chi connectivity index (χ1n) is 9.89. The summed E-state index contributed by atoms with van der Waals surface area (Å²) in [7, 11) is 0. The number of amides is 2. The zero-order chi connectivity index (χ0) is 20.5. The van der Waals surface area contributed by atoms with Crippen LogP contribution in [0.3, 0.4) is 0 Å². The highest BCUT2D eigenvalue weighted by atomic mass is 16.2. The van der Waals surface area contributed by atoms with Gasteiger partial charge in [0.05, 0.1) is 13.0 Å². The second-order valence-corrected chi connectivity index (χ2v) is 6.93. The van der Waals surface area contributed by atoms with Crippen molar-refractivity contribution in [1.29, 1.82) is 0 Å². The summed E-state index contributed by atoms with van der Waals surface area (Å²) in [4.78, 5) is 26.7. The maximum absolute atomic E-state index is 12.6. The summed E-state index contributed by atoms with van der Waals surface area (Å²) in [5, 5.41) is 2.95. The quantitative estimate of drug-likeness (QED) is 0.620. The van der Waals surface area contributed by atoms with E-state index in [1.807, 2.05) is 91.9 Å². The molecule has 2 amide bonds. The van der Waals surface area contributed by atoms with Crippen LogP contribution in [0.25, 0.3) is 0 Å². The van der Waals surface area contributed by atoms with Gasteiger partial charge in [-0.15, -0.1) is 0 Å². The number of benzene rings is 3. The third-order valence-electron chi connectivity index (χ3n) is 4.71. The van der Waals surface area contributed by atoms with E-state index in [4.69, 9.17) is 0 Å². The molecule has 4 heteroatoms. The molecule has 0 aromatic heterocycles. The number of carbonyl (C=O) groups excluding carboxylic acids is 2. The SMILES string of the molecule is CCC(=O)N(Cc1ccccc1)c1cccc(CC(=O)NCc2ccccc2)c1. The minimum absolute atomic E-state index is 0.0394. The molecule has 4 nitrogen and oxygen atoms in total. The van der Waals surface area contributed by atoms with Crippen LogP contribution in [0.2, 0.25) is 0 Å². The van der Waals surface area contributed by atoms with Gasteiger partial charge in [-0.25, -0.2) is 0 Å². The van der Waals surface area contributed by atoms with Crippen molar-refractivity contribution < 1.29 is 9.59 Å². The minimum Gasteiger partial charge on any atom is -0.352 e. The van der Waals surface area contributed by atoms with Gasteiger partial charge in [0.2, 0.25) is 11.8 Å². The van der Waals surface area contributed by atoms with Crippen molar-refractivity contribution >= 4 is 17.5 Å². The molecule has 3 aromatic rings. The Kier molecular flexibility index (Phi) is 7.17. The number of rotatable bonds is 8. The summed E-state index contributed by atoms with van der Waals surface area (Å²) in [5.74, 6) is 0.0157. The minimum atomic E-state index is -0.0394. The van der Waals surface area contributed by atoms with E-state index < -0.39 is 0 Å². The summed E-state index contributed by atoms with van der Waals surface area (Å²) in [6.07, 6.45) is 0.703. The lowest BCUT2D eigenvalue weighted by molar-refractivity contribution is -0.120. The Morgan fingerprint density at radius 1 is 0.793 bits per heavy atom. The fourth-order valence-electron chi connectivity index (χ4n) is 3.16. The molecule has 0 radical (unpaired) electrons. The fraction of sp³-hybridized carbons (Fsp3) is 0.200. The van der Waals surface area contributed by atoms with Gasteiger partial charge in [0.15, 0.2) is 0 Å². The molecule has 0 unspecified atom stereocenters. The van der Waals surface area contributed by atoms with Crippen molar-refractivity contribution in [3.8, 4) is 0 Å². The van der Waals surface area contributed by atoms with E-state index in [1.54, 1.807) is 4.90 Å². The average Bonchev–Trinajstić information content (AvgIpc) is 2.77. The van der Waals surface area contributed by atoms with Crippen LogP contribution in [0.5, 0.6) is 0 Å². The van der Waals surface area contributed by atoms with E-state index in [-0.39, 0.29) is 18.2 Å². The third-order valence-corrected chi connectivity index (χ3v) is 4.71. The second kappa shape index (κ2) is 10.2. The largest absolute Gasteiger partial charge is 0.352 e. The number of nitrogens with one attached hydrogen (secondary N) is 1. The summed E-state index contributed by atoms with van der Waals surface area (Å²) >= 11 is 0. The molecule has 0 saturated carbocycles. The molecule has 0 heterocycles. The third kappa shape index (κ3) is 6.04. The first-order chi connectivity index (χ1) is 14.2. The van der Waals surface area contributed by atoms with Crippen LogP contribution in [0.1, 0.15) is 30.0 Å². The van der Waals surface area contributed by atoms with E-state index in [0.717, 1.165) is 22.4 Å². The van der Waals surface area contributed by atoms with Crippen molar-refractivity contribution in [2.45, 2.75) is 32.9 Å². The van der Waals surface area contributed by atoms with Gasteiger partial charge in [0.1, 0.15) is 0 Å². The summed E-state index contributed by atoms with van der Waals surface area (Å²) < 4.78 is 0. The van der Waals surface area contributed by atoms with Gasteiger partial charge in [0, 0.05) is 18.7 Å². The molecule has 0 spiro atoms. The average molecular weight is 386 g/mol. The molecule has 3 rings (SSSR count). The molecule has 0 fully saturated rings. The van der Waals surface area contributed by atoms with Gasteiger partial charge >= 0.3 is 0 Å². The highest BCUT2D eigenvalue weighted by Gasteiger charge is 2.15. The first kappa shape index (κ1) is 20.3. The summed E-state index contributed by atoms with van der Waals surface area (Å²) in [6, 6.07) is 27.4. The van der Waals surface area contributed by atoms with Crippen LogP contribution >= 0.6 is 0 Å². The fourth-order valence-corrected chi connectivity index (χ4v) is 3.16. The smallest absolute Gasteiger partial charge is 0.227 e. The zero-order valence-corrected chi connectivity index (χ0v) is 16.7. The number of nitrogens with zero attached hydrogens (tertiary/aromatic N) is 1. The van der Waals surface area contributed by atoms with Gasteiger partial charge in [-0.3, -0.25) is 9.59 Å². The molecular formula is C25H26N2O2. The molecule has 0 aliphatic heterocycles. The topological polar surface area (TPSA) is 49.4 Å². The van der Waals surface area contributed by atoms with Crippen LogP contribution in [0.15, 0.2) is 84.9 Å². The molecule has 3 aromatic carbocycles. The number of carbonyl (C=O) groups is 2. The normalized spacial score (nSPS) is 10.4. The number of anilines is 1. The number of hydrogen-bond acceptors (Lipinski definition) is 2. The molecule has 0 bridgehead atoms.